The van der Waals surface area contributed by atoms with Gasteiger partial charge in [-0.15, -0.1) is 0 Å². The Morgan fingerprint density at radius 2 is 1.35 bits per heavy atom. The SMILES string of the molecule is CC(C)(C)[Si](C)(C)OC[C@@H]1C[C@H](O)C[C@@H]1O[Si](C)(C)C(C)(C)C. The van der Waals surface area contributed by atoms with E-state index in [4.69, 9.17) is 8.85 Å². The van der Waals surface area contributed by atoms with Crippen molar-refractivity contribution in [2.75, 3.05) is 6.61 Å². The van der Waals surface area contributed by atoms with E-state index in [9.17, 15) is 5.11 Å². The summed E-state index contributed by atoms with van der Waals surface area (Å²) in [7, 11) is -3.55. The van der Waals surface area contributed by atoms with Gasteiger partial charge in [0.05, 0.1) is 12.2 Å². The predicted octanol–water partition coefficient (Wildman–Crippen LogP) is 5.17. The largest absolute Gasteiger partial charge is 0.416 e. The summed E-state index contributed by atoms with van der Waals surface area (Å²) >= 11 is 0. The zero-order valence-corrected chi connectivity index (χ0v) is 19.1. The summed E-state index contributed by atoms with van der Waals surface area (Å²) in [6.07, 6.45) is 1.49. The van der Waals surface area contributed by atoms with Gasteiger partial charge in [-0.1, -0.05) is 41.5 Å². The highest BCUT2D eigenvalue weighted by Crippen LogP contribution is 2.42. The van der Waals surface area contributed by atoms with Crippen molar-refractivity contribution in [2.45, 2.75) is 103 Å². The van der Waals surface area contributed by atoms with E-state index in [-0.39, 0.29) is 22.3 Å². The summed E-state index contributed by atoms with van der Waals surface area (Å²) in [4.78, 5) is 0. The zero-order chi connectivity index (χ0) is 18.3. The van der Waals surface area contributed by atoms with E-state index in [2.05, 4.69) is 67.7 Å². The Kier molecular flexibility index (Phi) is 6.41. The Morgan fingerprint density at radius 3 is 1.78 bits per heavy atom. The molecule has 0 aromatic heterocycles. The van der Waals surface area contributed by atoms with Crippen LogP contribution in [0, 0.1) is 5.92 Å². The Labute approximate surface area is 146 Å². The van der Waals surface area contributed by atoms with Gasteiger partial charge >= 0.3 is 0 Å². The van der Waals surface area contributed by atoms with Gasteiger partial charge in [-0.2, -0.15) is 0 Å². The standard InChI is InChI=1S/C18H40O3Si2/c1-17(2,3)22(7,8)20-13-14-11-15(19)12-16(14)21-23(9,10)18(4,5)6/h14-16,19H,11-13H2,1-10H3/t14-,15-,16-/m0/s1. The van der Waals surface area contributed by atoms with Crippen LogP contribution in [0.1, 0.15) is 54.4 Å². The molecule has 1 saturated carbocycles. The van der Waals surface area contributed by atoms with Crippen molar-refractivity contribution in [3.8, 4) is 0 Å². The lowest BCUT2D eigenvalue weighted by Gasteiger charge is -2.41. The Morgan fingerprint density at radius 1 is 0.870 bits per heavy atom. The second-order valence-electron chi connectivity index (χ2n) is 10.4. The fraction of sp³-hybridized carbons (Fsp3) is 1.00. The molecule has 138 valence electrons. The summed E-state index contributed by atoms with van der Waals surface area (Å²) in [5.74, 6) is 0.327. The van der Waals surface area contributed by atoms with Crippen LogP contribution in [0.25, 0.3) is 0 Å². The van der Waals surface area contributed by atoms with Gasteiger partial charge in [-0.3, -0.25) is 0 Å². The molecule has 3 nitrogen and oxygen atoms in total. The monoisotopic (exact) mass is 360 g/mol. The van der Waals surface area contributed by atoms with Gasteiger partial charge in [0.25, 0.3) is 0 Å². The van der Waals surface area contributed by atoms with Gasteiger partial charge < -0.3 is 14.0 Å². The van der Waals surface area contributed by atoms with Gasteiger partial charge in [0.1, 0.15) is 0 Å². The molecule has 0 bridgehead atoms. The molecule has 1 aliphatic carbocycles. The smallest absolute Gasteiger partial charge is 0.192 e. The van der Waals surface area contributed by atoms with Crippen LogP contribution in [-0.2, 0) is 8.85 Å². The molecule has 0 spiro atoms. The summed E-state index contributed by atoms with van der Waals surface area (Å²) < 4.78 is 13.0. The first kappa shape index (κ1) is 21.4. The minimum Gasteiger partial charge on any atom is -0.416 e. The highest BCUT2D eigenvalue weighted by Gasteiger charge is 2.45. The third-order valence-corrected chi connectivity index (χ3v) is 15.3. The fourth-order valence-electron chi connectivity index (χ4n) is 2.46. The Bertz CT molecular complexity index is 394. The fourth-order valence-corrected chi connectivity index (χ4v) is 4.93. The zero-order valence-electron chi connectivity index (χ0n) is 17.1. The maximum absolute atomic E-state index is 10.2. The van der Waals surface area contributed by atoms with E-state index >= 15 is 0 Å². The molecule has 5 heteroatoms. The lowest BCUT2D eigenvalue weighted by molar-refractivity contribution is 0.0994. The van der Waals surface area contributed by atoms with Crippen LogP contribution in [0.5, 0.6) is 0 Å². The van der Waals surface area contributed by atoms with Crippen molar-refractivity contribution < 1.29 is 14.0 Å². The number of rotatable bonds is 5. The normalized spacial score (nSPS) is 27.5. The van der Waals surface area contributed by atoms with Gasteiger partial charge in [-0.05, 0) is 49.1 Å². The van der Waals surface area contributed by atoms with Crippen molar-refractivity contribution in [2.24, 2.45) is 5.92 Å². The molecule has 3 atom stereocenters. The van der Waals surface area contributed by atoms with E-state index in [1.807, 2.05) is 0 Å². The predicted molar refractivity (Wildman–Crippen MR) is 104 cm³/mol. The molecule has 1 N–H and O–H groups in total. The van der Waals surface area contributed by atoms with Crippen LogP contribution in [0.2, 0.25) is 36.3 Å². The molecule has 0 amide bonds. The molecule has 0 heterocycles. The number of hydrogen-bond donors (Lipinski definition) is 1. The van der Waals surface area contributed by atoms with Crippen LogP contribution in [0.15, 0.2) is 0 Å². The van der Waals surface area contributed by atoms with Gasteiger partial charge in [-0.25, -0.2) is 0 Å². The quantitative estimate of drug-likeness (QED) is 0.687. The number of aliphatic hydroxyl groups excluding tert-OH is 1. The maximum atomic E-state index is 10.2. The Hall–Kier alpha value is 0.314. The van der Waals surface area contributed by atoms with Gasteiger partial charge in [0.2, 0.25) is 0 Å². The molecule has 1 rings (SSSR count). The van der Waals surface area contributed by atoms with Crippen LogP contribution in [-0.4, -0.2) is 40.6 Å². The average Bonchev–Trinajstić information content (AvgIpc) is 2.63. The molecule has 0 unspecified atom stereocenters. The van der Waals surface area contributed by atoms with Crippen LogP contribution in [0.3, 0.4) is 0 Å². The molecule has 0 saturated heterocycles. The van der Waals surface area contributed by atoms with Crippen molar-refractivity contribution in [1.29, 1.82) is 0 Å². The minimum absolute atomic E-state index is 0.149. The molecular weight excluding hydrogens is 320 g/mol. The van der Waals surface area contributed by atoms with Crippen molar-refractivity contribution >= 4 is 16.6 Å². The van der Waals surface area contributed by atoms with Crippen LogP contribution >= 0.6 is 0 Å². The molecule has 0 aliphatic heterocycles. The molecular formula is C18H40O3Si2. The van der Waals surface area contributed by atoms with Crippen LogP contribution < -0.4 is 0 Å². The van der Waals surface area contributed by atoms with E-state index in [1.165, 1.54) is 0 Å². The first-order valence-electron chi connectivity index (χ1n) is 9.07. The summed E-state index contributed by atoms with van der Waals surface area (Å²) in [5, 5.41) is 10.6. The first-order valence-corrected chi connectivity index (χ1v) is 14.9. The van der Waals surface area contributed by atoms with E-state index in [0.717, 1.165) is 19.4 Å². The Balaban J connectivity index is 2.74. The minimum atomic E-state index is -1.81. The molecule has 0 aromatic carbocycles. The van der Waals surface area contributed by atoms with Crippen molar-refractivity contribution in [1.82, 2.24) is 0 Å². The van der Waals surface area contributed by atoms with Gasteiger partial charge in [0, 0.05) is 12.5 Å². The van der Waals surface area contributed by atoms with E-state index in [0.29, 0.717) is 5.92 Å². The van der Waals surface area contributed by atoms with Crippen molar-refractivity contribution in [3.63, 3.8) is 0 Å². The summed E-state index contributed by atoms with van der Waals surface area (Å²) in [6, 6.07) is 0. The topological polar surface area (TPSA) is 38.7 Å². The second-order valence-corrected chi connectivity index (χ2v) is 19.9. The summed E-state index contributed by atoms with van der Waals surface area (Å²) in [6.45, 7) is 23.5. The second kappa shape index (κ2) is 6.91. The third kappa shape index (κ3) is 5.39. The van der Waals surface area contributed by atoms with Gasteiger partial charge in [0.15, 0.2) is 16.6 Å². The molecule has 23 heavy (non-hydrogen) atoms. The lowest BCUT2D eigenvalue weighted by atomic mass is 10.1. The molecule has 1 fully saturated rings. The number of aliphatic hydroxyl groups is 1. The third-order valence-electron chi connectivity index (χ3n) is 6.32. The molecule has 1 aliphatic rings. The first-order chi connectivity index (χ1) is 10.1. The van der Waals surface area contributed by atoms with E-state index < -0.39 is 16.6 Å². The maximum Gasteiger partial charge on any atom is 0.192 e. The highest BCUT2D eigenvalue weighted by molar-refractivity contribution is 6.74. The van der Waals surface area contributed by atoms with E-state index in [1.54, 1.807) is 0 Å². The van der Waals surface area contributed by atoms with Crippen molar-refractivity contribution in [3.05, 3.63) is 0 Å². The lowest BCUT2D eigenvalue weighted by Crippen LogP contribution is -2.46. The number of hydrogen-bond acceptors (Lipinski definition) is 3. The molecule has 0 radical (unpaired) electrons. The average molecular weight is 361 g/mol. The van der Waals surface area contributed by atoms with Crippen LogP contribution in [0.4, 0.5) is 0 Å². The highest BCUT2D eigenvalue weighted by atomic mass is 28.4. The summed E-state index contributed by atoms with van der Waals surface area (Å²) in [5.41, 5.74) is 0. The molecule has 0 aromatic rings.